The van der Waals surface area contributed by atoms with Crippen LogP contribution in [0.2, 0.25) is 0 Å². The summed E-state index contributed by atoms with van der Waals surface area (Å²) in [6.45, 7) is 0. The molecular formula is C54H68FeO4P2. The molecule has 6 aliphatic carbocycles. The van der Waals surface area contributed by atoms with Crippen molar-refractivity contribution in [2.75, 3.05) is 0 Å². The Balaban J connectivity index is 0.000000166. The summed E-state index contributed by atoms with van der Waals surface area (Å²) < 4.78 is 27.1. The minimum Gasteiger partial charge on any atom is -0.438 e. The minimum atomic E-state index is -1.01. The molecule has 4 aromatic rings. The van der Waals surface area contributed by atoms with E-state index in [9.17, 15) is 0 Å². The zero-order chi connectivity index (χ0) is 40.4. The summed E-state index contributed by atoms with van der Waals surface area (Å²) in [5, 5.41) is 0. The van der Waals surface area contributed by atoms with Crippen molar-refractivity contribution >= 4 is 16.8 Å². The molecule has 6 saturated carbocycles. The Hall–Kier alpha value is -2.54. The van der Waals surface area contributed by atoms with Gasteiger partial charge in [-0.15, -0.1) is 0 Å². The molecule has 2 unspecified atom stereocenters. The van der Waals surface area contributed by atoms with Gasteiger partial charge in [0.2, 0.25) is 0 Å². The standard InChI is InChI=1S/2C27H34O2P.Fe/c2*1-2-12-21(11-1)24-17-7-9-19-26(24)28-30(23-15-5-6-16-23)29-27-20-10-8-18-25(27)22-13-3-4-14-22;/h2*5,7-10,17-23H,1-4,6,11-16H2;/q2*-1;+2. The fourth-order valence-corrected chi connectivity index (χ4v) is 14.6. The van der Waals surface area contributed by atoms with Crippen LogP contribution >= 0.6 is 16.8 Å². The van der Waals surface area contributed by atoms with Gasteiger partial charge >= 0.3 is 17.1 Å². The first-order chi connectivity index (χ1) is 29.8. The molecule has 0 amide bonds. The second-order valence-corrected chi connectivity index (χ2v) is 21.9. The van der Waals surface area contributed by atoms with Crippen molar-refractivity contribution in [3.05, 3.63) is 132 Å². The van der Waals surface area contributed by atoms with Crippen molar-refractivity contribution < 1.29 is 35.2 Å². The predicted molar refractivity (Wildman–Crippen MR) is 251 cm³/mol. The Labute approximate surface area is 381 Å². The van der Waals surface area contributed by atoms with Gasteiger partial charge in [-0.2, -0.15) is 25.7 Å². The summed E-state index contributed by atoms with van der Waals surface area (Å²) >= 11 is 0. The van der Waals surface area contributed by atoms with Crippen molar-refractivity contribution in [1.29, 1.82) is 0 Å². The van der Waals surface area contributed by atoms with Gasteiger partial charge in [-0.3, -0.25) is 0 Å². The number of rotatable bonds is 14. The molecule has 4 nitrogen and oxygen atoms in total. The Morgan fingerprint density at radius 2 is 0.590 bits per heavy atom. The van der Waals surface area contributed by atoms with Crippen LogP contribution in [-0.4, -0.2) is 11.3 Å². The molecule has 0 bridgehead atoms. The van der Waals surface area contributed by atoms with Gasteiger partial charge in [0.15, 0.2) is 0 Å². The van der Waals surface area contributed by atoms with Gasteiger partial charge in [-0.05, 0) is 122 Å². The van der Waals surface area contributed by atoms with Crippen molar-refractivity contribution in [1.82, 2.24) is 0 Å². The van der Waals surface area contributed by atoms with Gasteiger partial charge in [0.25, 0.3) is 16.8 Å². The van der Waals surface area contributed by atoms with E-state index in [1.54, 1.807) is 0 Å². The maximum atomic E-state index is 6.79. The van der Waals surface area contributed by atoms with E-state index in [-0.39, 0.29) is 17.1 Å². The quantitative estimate of drug-likeness (QED) is 0.0718. The smallest absolute Gasteiger partial charge is 0.438 e. The third-order valence-electron chi connectivity index (χ3n) is 14.5. The van der Waals surface area contributed by atoms with E-state index < -0.39 is 16.8 Å². The maximum absolute atomic E-state index is 6.79. The van der Waals surface area contributed by atoms with Gasteiger partial charge in [-0.25, -0.2) is 0 Å². The Bertz CT molecular complexity index is 1660. The van der Waals surface area contributed by atoms with Crippen LogP contribution in [0.5, 0.6) is 23.0 Å². The summed E-state index contributed by atoms with van der Waals surface area (Å²) in [4.78, 5) is 0. The molecule has 0 radical (unpaired) electrons. The van der Waals surface area contributed by atoms with Crippen LogP contribution in [0.25, 0.3) is 0 Å². The molecule has 0 aromatic heterocycles. The largest absolute Gasteiger partial charge is 2.00 e. The van der Waals surface area contributed by atoms with Crippen LogP contribution in [0, 0.1) is 12.8 Å². The molecule has 0 N–H and O–H groups in total. The van der Waals surface area contributed by atoms with Gasteiger partial charge in [0.1, 0.15) is 23.0 Å². The van der Waals surface area contributed by atoms with Crippen molar-refractivity contribution in [2.24, 2.45) is 0 Å². The summed E-state index contributed by atoms with van der Waals surface area (Å²) in [5.74, 6) is 6.89. The zero-order valence-corrected chi connectivity index (χ0v) is 39.2. The van der Waals surface area contributed by atoms with E-state index in [1.807, 2.05) is 0 Å². The molecular weight excluding hydrogens is 830 g/mol. The van der Waals surface area contributed by atoms with E-state index in [0.29, 0.717) is 35.0 Å². The molecule has 0 saturated heterocycles. The van der Waals surface area contributed by atoms with E-state index in [4.69, 9.17) is 18.1 Å². The normalized spacial score (nSPS) is 22.4. The number of hydrogen-bond acceptors (Lipinski definition) is 4. The van der Waals surface area contributed by atoms with Crippen LogP contribution in [0.3, 0.4) is 0 Å². The molecule has 0 heterocycles. The summed E-state index contributed by atoms with van der Waals surface area (Å²) in [6, 6.07) is 35.0. The molecule has 0 spiro atoms. The van der Waals surface area contributed by atoms with Crippen molar-refractivity contribution in [2.45, 2.75) is 176 Å². The fraction of sp³-hybridized carbons (Fsp3) is 0.519. The molecule has 0 aliphatic heterocycles. The van der Waals surface area contributed by atoms with Gasteiger partial charge in [-0.1, -0.05) is 137 Å². The van der Waals surface area contributed by atoms with Gasteiger partial charge in [0, 0.05) is 11.3 Å². The van der Waals surface area contributed by atoms with E-state index in [0.717, 1.165) is 35.8 Å². The van der Waals surface area contributed by atoms with Crippen LogP contribution in [-0.2, 0) is 17.1 Å². The first-order valence-electron chi connectivity index (χ1n) is 24.1. The van der Waals surface area contributed by atoms with Gasteiger partial charge in [0.05, 0.1) is 0 Å². The second-order valence-electron chi connectivity index (χ2n) is 18.5. The third kappa shape index (κ3) is 11.6. The Kier molecular flexibility index (Phi) is 16.9. The average Bonchev–Trinajstić information content (AvgIpc) is 4.16. The van der Waals surface area contributed by atoms with E-state index in [1.165, 1.54) is 151 Å². The van der Waals surface area contributed by atoms with Crippen molar-refractivity contribution in [3.8, 4) is 23.0 Å². The molecule has 326 valence electrons. The van der Waals surface area contributed by atoms with Crippen LogP contribution < -0.4 is 18.1 Å². The monoisotopic (exact) mass is 898 g/mol. The second kappa shape index (κ2) is 22.9. The molecule has 61 heavy (non-hydrogen) atoms. The Morgan fingerprint density at radius 3 is 0.820 bits per heavy atom. The number of hydrogen-bond donors (Lipinski definition) is 0. The molecule has 6 aliphatic rings. The third-order valence-corrected chi connectivity index (χ3v) is 18.1. The van der Waals surface area contributed by atoms with Crippen LogP contribution in [0.4, 0.5) is 0 Å². The first kappa shape index (κ1) is 45.0. The van der Waals surface area contributed by atoms with Crippen LogP contribution in [0.1, 0.15) is 187 Å². The first-order valence-corrected chi connectivity index (χ1v) is 26.6. The molecule has 2 atom stereocenters. The zero-order valence-electron chi connectivity index (χ0n) is 36.3. The van der Waals surface area contributed by atoms with Gasteiger partial charge < -0.3 is 30.9 Å². The molecule has 7 heteroatoms. The van der Waals surface area contributed by atoms with E-state index in [2.05, 4.69) is 110 Å². The van der Waals surface area contributed by atoms with Crippen molar-refractivity contribution in [3.63, 3.8) is 0 Å². The predicted octanol–water partition coefficient (Wildman–Crippen LogP) is 17.1. The summed E-state index contributed by atoms with van der Waals surface area (Å²) in [6.07, 6.45) is 32.9. The average molecular weight is 899 g/mol. The van der Waals surface area contributed by atoms with Crippen LogP contribution in [0.15, 0.2) is 97.1 Å². The number of para-hydroxylation sites is 4. The topological polar surface area (TPSA) is 36.9 Å². The Morgan fingerprint density at radius 1 is 0.344 bits per heavy atom. The molecule has 4 aromatic carbocycles. The fourth-order valence-electron chi connectivity index (χ4n) is 11.1. The maximum Gasteiger partial charge on any atom is 2.00 e. The number of benzene rings is 4. The van der Waals surface area contributed by atoms with E-state index >= 15 is 0 Å². The summed E-state index contributed by atoms with van der Waals surface area (Å²) in [7, 11) is -2.01. The minimum absolute atomic E-state index is 0. The molecule has 6 fully saturated rings. The summed E-state index contributed by atoms with van der Waals surface area (Å²) in [5.41, 5.74) is 6.59. The SMILES string of the molecule is [Fe+2].c1ccc(C2CCCC2)c(OP(Oc2ccccc2C2CCCC2)C2C[CH-]CC2)c1.c1ccc(C2CCCC2)c(OP(Oc2ccccc2C2CCCC2)C2C[CH-]CC2)c1. The molecule has 10 rings (SSSR count).